The van der Waals surface area contributed by atoms with Gasteiger partial charge in [-0.1, -0.05) is 23.2 Å². The Morgan fingerprint density at radius 1 is 1.00 bits per heavy atom. The van der Waals surface area contributed by atoms with E-state index in [4.69, 9.17) is 28.0 Å². The summed E-state index contributed by atoms with van der Waals surface area (Å²) in [5, 5.41) is 1.43. The predicted octanol–water partition coefficient (Wildman–Crippen LogP) is 3.41. The van der Waals surface area contributed by atoms with Gasteiger partial charge in [-0.15, -0.1) is 0 Å². The highest BCUT2D eigenvalue weighted by molar-refractivity contribution is 6.54. The van der Waals surface area contributed by atoms with Crippen molar-refractivity contribution >= 4 is 40.5 Å². The van der Waals surface area contributed by atoms with Crippen LogP contribution < -0.4 is 0 Å². The van der Waals surface area contributed by atoms with E-state index in [2.05, 4.69) is 11.6 Å². The second kappa shape index (κ2) is 6.47. The van der Waals surface area contributed by atoms with Crippen molar-refractivity contribution in [1.29, 1.82) is 0 Å². The summed E-state index contributed by atoms with van der Waals surface area (Å²) in [5.41, 5.74) is 0. The number of hydrogen-bond acceptors (Lipinski definition) is 1. The molecule has 0 N–H and O–H groups in total. The van der Waals surface area contributed by atoms with Crippen molar-refractivity contribution in [2.75, 3.05) is 0 Å². The van der Waals surface area contributed by atoms with Crippen molar-refractivity contribution in [3.63, 3.8) is 0 Å². The Morgan fingerprint density at radius 3 is 1.36 bits per heavy atom. The molecule has 11 heavy (non-hydrogen) atoms. The number of benzene rings is 1. The average molecular weight is 211 g/mol. The molecule has 0 unspecified atom stereocenters. The lowest BCUT2D eigenvalue weighted by molar-refractivity contribution is 0.569. The zero-order chi connectivity index (χ0) is 8.69. The van der Waals surface area contributed by atoms with E-state index in [9.17, 15) is 0 Å². The molecule has 0 saturated heterocycles. The van der Waals surface area contributed by atoms with Gasteiger partial charge in [0.15, 0.2) is 0 Å². The number of rotatable bonds is 0. The van der Waals surface area contributed by atoms with Crippen LogP contribution in [0.3, 0.4) is 0 Å². The molecule has 1 nitrogen and oxygen atoms in total. The second-order valence-electron chi connectivity index (χ2n) is 1.53. The van der Waals surface area contributed by atoms with Crippen LogP contribution in [0.1, 0.15) is 0 Å². The summed E-state index contributed by atoms with van der Waals surface area (Å²) in [4.78, 5) is 8.57. The third kappa shape index (κ3) is 6.17. The Hall–Kier alpha value is -0.240. The van der Waals surface area contributed by atoms with E-state index in [1.54, 1.807) is 24.3 Å². The summed E-state index contributed by atoms with van der Waals surface area (Å²) in [7, 11) is 0. The molecular weight excluding hydrogens is 206 g/mol. The lowest BCUT2D eigenvalue weighted by Crippen LogP contribution is -1.60. The van der Waals surface area contributed by atoms with E-state index >= 15 is 0 Å². The molecule has 0 atom stereocenters. The van der Waals surface area contributed by atoms with E-state index in [1.807, 2.05) is 0 Å². The van der Waals surface area contributed by atoms with E-state index < -0.39 is 0 Å². The van der Waals surface area contributed by atoms with Crippen LogP contribution in [-0.4, -0.2) is 5.75 Å². The van der Waals surface area contributed by atoms with Gasteiger partial charge in [0.05, 0.1) is 0 Å². The van der Waals surface area contributed by atoms with Gasteiger partial charge in [0, 0.05) is 10.0 Å². The number of halogens is 3. The lowest BCUT2D eigenvalue weighted by atomic mass is 10.4. The molecule has 0 aliphatic carbocycles. The van der Waals surface area contributed by atoms with Crippen LogP contribution >= 0.6 is 34.8 Å². The van der Waals surface area contributed by atoms with Crippen LogP contribution in [0.4, 0.5) is 0 Å². The molecule has 0 saturated carbocycles. The molecule has 0 fully saturated rings. The first-order valence-electron chi connectivity index (χ1n) is 2.65. The minimum absolute atomic E-state index is 0.222. The van der Waals surface area contributed by atoms with Crippen LogP contribution in [0.25, 0.3) is 0 Å². The minimum atomic E-state index is 0.222. The van der Waals surface area contributed by atoms with Crippen LogP contribution in [0.2, 0.25) is 10.0 Å². The first-order valence-corrected chi connectivity index (χ1v) is 3.85. The van der Waals surface area contributed by atoms with Crippen molar-refractivity contribution in [1.82, 2.24) is 0 Å². The third-order valence-electron chi connectivity index (χ3n) is 0.804. The molecule has 60 valence electrons. The van der Waals surface area contributed by atoms with E-state index in [0.717, 1.165) is 10.0 Å². The molecular formula is C7H5Cl3O. The summed E-state index contributed by atoms with van der Waals surface area (Å²) in [6, 6.07) is 7.02. The van der Waals surface area contributed by atoms with Crippen molar-refractivity contribution in [2.24, 2.45) is 0 Å². The van der Waals surface area contributed by atoms with Gasteiger partial charge in [-0.3, -0.25) is 4.79 Å². The summed E-state index contributed by atoms with van der Waals surface area (Å²) in [5.74, 6) is 0.222. The number of hydrogen-bond donors (Lipinski definition) is 0. The minimum Gasteiger partial charge on any atom is -0.285 e. The summed E-state index contributed by atoms with van der Waals surface area (Å²) in [6.45, 7) is 0. The van der Waals surface area contributed by atoms with Gasteiger partial charge in [-0.05, 0) is 35.9 Å². The summed E-state index contributed by atoms with van der Waals surface area (Å²) < 4.78 is 0. The maximum atomic E-state index is 8.57. The van der Waals surface area contributed by atoms with Gasteiger partial charge in [-0.25, -0.2) is 0 Å². The zero-order valence-corrected chi connectivity index (χ0v) is 7.70. The highest BCUT2D eigenvalue weighted by Crippen LogP contribution is 2.12. The standard InChI is InChI=1S/C6H4Cl2.CHClO/c7-5-1-2-6(8)4-3-5;2-1-3/h1-4H;1H. The highest BCUT2D eigenvalue weighted by atomic mass is 35.5. The van der Waals surface area contributed by atoms with Gasteiger partial charge in [0.25, 0.3) is 0 Å². The highest BCUT2D eigenvalue weighted by Gasteiger charge is 1.83. The van der Waals surface area contributed by atoms with Crippen LogP contribution in [0, 0.1) is 0 Å². The molecule has 4 heteroatoms. The van der Waals surface area contributed by atoms with Crippen LogP contribution in [-0.2, 0) is 4.79 Å². The first-order chi connectivity index (χ1) is 5.20. The molecule has 0 aliphatic rings. The van der Waals surface area contributed by atoms with Gasteiger partial charge in [-0.2, -0.15) is 0 Å². The Balaban J connectivity index is 0.000000292. The molecule has 0 aliphatic heterocycles. The van der Waals surface area contributed by atoms with Crippen molar-refractivity contribution in [2.45, 2.75) is 0 Å². The van der Waals surface area contributed by atoms with Gasteiger partial charge in [0.1, 0.15) is 0 Å². The Morgan fingerprint density at radius 2 is 1.18 bits per heavy atom. The monoisotopic (exact) mass is 210 g/mol. The maximum absolute atomic E-state index is 8.57. The van der Waals surface area contributed by atoms with Crippen molar-refractivity contribution in [3.05, 3.63) is 34.3 Å². The Kier molecular flexibility index (Phi) is 6.33. The molecule has 0 aromatic heterocycles. The largest absolute Gasteiger partial charge is 0.285 e. The SMILES string of the molecule is Clc1ccc(Cl)cc1.O=CCl. The first kappa shape index (κ1) is 10.8. The molecule has 0 bridgehead atoms. The molecule has 1 aromatic rings. The van der Waals surface area contributed by atoms with Crippen LogP contribution in [0.15, 0.2) is 24.3 Å². The maximum Gasteiger partial charge on any atom is 0.208 e. The zero-order valence-electron chi connectivity index (χ0n) is 5.43. The smallest absolute Gasteiger partial charge is 0.208 e. The molecule has 1 rings (SSSR count). The molecule has 1 aromatic carbocycles. The summed E-state index contributed by atoms with van der Waals surface area (Å²) >= 11 is 15.4. The molecule has 0 amide bonds. The van der Waals surface area contributed by atoms with Crippen LogP contribution in [0.5, 0.6) is 0 Å². The fraction of sp³-hybridized carbons (Fsp3) is 0. The Labute approximate surface area is 79.9 Å². The fourth-order valence-electron chi connectivity index (χ4n) is 0.430. The van der Waals surface area contributed by atoms with E-state index in [1.165, 1.54) is 0 Å². The van der Waals surface area contributed by atoms with Gasteiger partial charge < -0.3 is 0 Å². The predicted molar refractivity (Wildman–Crippen MR) is 49.1 cm³/mol. The average Bonchev–Trinajstić information content (AvgIpc) is 1.97. The number of carbonyl (C=O) groups is 1. The second-order valence-corrected chi connectivity index (χ2v) is 2.58. The molecule has 0 radical (unpaired) electrons. The Bertz CT molecular complexity index is 186. The quantitative estimate of drug-likeness (QED) is 0.475. The lowest BCUT2D eigenvalue weighted by Gasteiger charge is -1.86. The fourth-order valence-corrected chi connectivity index (χ4v) is 0.682. The normalized spacial score (nSPS) is 7.91. The summed E-state index contributed by atoms with van der Waals surface area (Å²) in [6.07, 6.45) is 0. The molecule has 0 heterocycles. The van der Waals surface area contributed by atoms with Gasteiger partial charge in [0.2, 0.25) is 5.75 Å². The molecule has 0 spiro atoms. The number of carbonyl (C=O) groups excluding carboxylic acids is 1. The van der Waals surface area contributed by atoms with Gasteiger partial charge >= 0.3 is 0 Å². The van der Waals surface area contributed by atoms with E-state index in [-0.39, 0.29) is 5.75 Å². The topological polar surface area (TPSA) is 17.1 Å². The third-order valence-corrected chi connectivity index (χ3v) is 1.31. The van der Waals surface area contributed by atoms with Crippen molar-refractivity contribution in [3.8, 4) is 0 Å². The van der Waals surface area contributed by atoms with Crippen molar-refractivity contribution < 1.29 is 4.79 Å². The van der Waals surface area contributed by atoms with E-state index in [0.29, 0.717) is 0 Å².